The normalized spacial score (nSPS) is 27.1. The molecule has 130 valence electrons. The van der Waals surface area contributed by atoms with E-state index < -0.39 is 23.6 Å². The van der Waals surface area contributed by atoms with E-state index >= 15 is 0 Å². The first-order valence-electron chi connectivity index (χ1n) is 8.02. The van der Waals surface area contributed by atoms with Crippen LogP contribution >= 0.6 is 0 Å². The Labute approximate surface area is 149 Å². The highest BCUT2D eigenvalue weighted by atomic mass is 16.2. The van der Waals surface area contributed by atoms with Crippen LogP contribution in [0.3, 0.4) is 0 Å². The molecule has 2 aliphatic heterocycles. The molecule has 8 heteroatoms. The summed E-state index contributed by atoms with van der Waals surface area (Å²) in [6.45, 7) is 0. The minimum Gasteiger partial charge on any atom is -0.291 e. The summed E-state index contributed by atoms with van der Waals surface area (Å²) in [5.74, 6) is -2.94. The van der Waals surface area contributed by atoms with Crippen molar-refractivity contribution < 1.29 is 9.59 Å². The van der Waals surface area contributed by atoms with Crippen molar-refractivity contribution >= 4 is 24.5 Å². The maximum absolute atomic E-state index is 12.0. The van der Waals surface area contributed by atoms with Crippen molar-refractivity contribution in [2.24, 2.45) is 9.98 Å². The van der Waals surface area contributed by atoms with E-state index in [0.717, 1.165) is 11.1 Å². The van der Waals surface area contributed by atoms with Crippen LogP contribution in [-0.4, -0.2) is 36.1 Å². The zero-order chi connectivity index (χ0) is 18.0. The molecule has 0 radical (unpaired) electrons. The Balaban J connectivity index is 1.72. The van der Waals surface area contributed by atoms with Crippen molar-refractivity contribution in [1.82, 2.24) is 21.3 Å². The van der Waals surface area contributed by atoms with E-state index in [4.69, 9.17) is 0 Å². The van der Waals surface area contributed by atoms with Crippen LogP contribution in [0.1, 0.15) is 11.1 Å². The number of rotatable bonds is 4. The Morgan fingerprint density at radius 1 is 0.615 bits per heavy atom. The Morgan fingerprint density at radius 2 is 0.962 bits per heavy atom. The molecule has 2 aromatic rings. The summed E-state index contributed by atoms with van der Waals surface area (Å²) in [6.07, 6.45) is 3.15. The highest BCUT2D eigenvalue weighted by molar-refractivity contribution is 5.91. The average molecular weight is 348 g/mol. The third-order valence-corrected chi connectivity index (χ3v) is 4.12. The molecule has 0 bridgehead atoms. The monoisotopic (exact) mass is 348 g/mol. The maximum atomic E-state index is 12.0. The summed E-state index contributed by atoms with van der Waals surface area (Å²) >= 11 is 0. The summed E-state index contributed by atoms with van der Waals surface area (Å²) in [6, 6.07) is 17.7. The molecular formula is C18H16N6O2. The van der Waals surface area contributed by atoms with E-state index in [1.54, 1.807) is 12.4 Å². The van der Waals surface area contributed by atoms with Gasteiger partial charge < -0.3 is 0 Å². The summed E-state index contributed by atoms with van der Waals surface area (Å²) in [4.78, 5) is 33.0. The lowest BCUT2D eigenvalue weighted by Crippen LogP contribution is -2.63. The molecule has 0 spiro atoms. The first-order valence-corrected chi connectivity index (χ1v) is 8.02. The topological polar surface area (TPSA) is 107 Å². The third kappa shape index (κ3) is 2.67. The van der Waals surface area contributed by atoms with Crippen LogP contribution in [-0.2, 0) is 0 Å². The number of fused-ring (bicyclic) bond motifs is 1. The van der Waals surface area contributed by atoms with Crippen LogP contribution in [0.2, 0.25) is 0 Å². The highest BCUT2D eigenvalue weighted by Gasteiger charge is 2.66. The van der Waals surface area contributed by atoms with Gasteiger partial charge in [0.1, 0.15) is 0 Å². The van der Waals surface area contributed by atoms with Gasteiger partial charge in [-0.25, -0.2) is 19.6 Å². The van der Waals surface area contributed by atoms with Crippen LogP contribution in [0.4, 0.5) is 9.59 Å². The van der Waals surface area contributed by atoms with Gasteiger partial charge in [-0.1, -0.05) is 60.7 Å². The zero-order valence-corrected chi connectivity index (χ0v) is 13.6. The van der Waals surface area contributed by atoms with Crippen LogP contribution in [0, 0.1) is 0 Å². The standard InChI is InChI=1S/C18H16N6O2/c25-15-21-17(19-11-13-7-3-1-4-8-13)18(23-15,24-16(26)22-17)20-12-14-9-5-2-6-10-14/h1-12H,(H2,21,23,25)(H2,22,24,26)/b19-11-,20-12-. The number of nitrogens with one attached hydrogen (secondary N) is 4. The van der Waals surface area contributed by atoms with Gasteiger partial charge in [0, 0.05) is 12.4 Å². The minimum absolute atomic E-state index is 0.493. The fourth-order valence-electron chi connectivity index (χ4n) is 2.88. The number of hydrogen-bond donors (Lipinski definition) is 4. The Hall–Kier alpha value is -3.68. The average Bonchev–Trinajstić information content (AvgIpc) is 3.06. The molecule has 2 aromatic carbocycles. The number of nitrogens with zero attached hydrogens (tertiary/aromatic N) is 2. The first-order chi connectivity index (χ1) is 12.6. The lowest BCUT2D eigenvalue weighted by atomic mass is 10.2. The summed E-state index contributed by atoms with van der Waals surface area (Å²) in [5, 5.41) is 10.6. The molecule has 2 fully saturated rings. The molecule has 0 saturated carbocycles. The smallest absolute Gasteiger partial charge is 0.291 e. The van der Waals surface area contributed by atoms with Gasteiger partial charge in [-0.3, -0.25) is 21.3 Å². The zero-order valence-electron chi connectivity index (χ0n) is 13.6. The molecule has 26 heavy (non-hydrogen) atoms. The Bertz CT molecular complexity index is 803. The fourth-order valence-corrected chi connectivity index (χ4v) is 2.88. The third-order valence-electron chi connectivity index (χ3n) is 4.12. The van der Waals surface area contributed by atoms with Gasteiger partial charge in [0.25, 0.3) is 11.6 Å². The first kappa shape index (κ1) is 15.8. The van der Waals surface area contributed by atoms with Gasteiger partial charge in [0.15, 0.2) is 0 Å². The number of amides is 4. The number of aliphatic imine (C=N–C) groups is 2. The summed E-state index contributed by atoms with van der Waals surface area (Å²) in [5.41, 5.74) is 1.65. The van der Waals surface area contributed by atoms with Crippen molar-refractivity contribution in [1.29, 1.82) is 0 Å². The number of benzene rings is 2. The van der Waals surface area contributed by atoms with Gasteiger partial charge in [-0.05, 0) is 11.1 Å². The molecule has 0 aliphatic carbocycles. The van der Waals surface area contributed by atoms with Crippen molar-refractivity contribution in [3.05, 3.63) is 71.8 Å². The van der Waals surface area contributed by atoms with Crippen LogP contribution < -0.4 is 21.3 Å². The van der Waals surface area contributed by atoms with Gasteiger partial charge >= 0.3 is 12.1 Å². The van der Waals surface area contributed by atoms with Crippen LogP contribution in [0.25, 0.3) is 0 Å². The number of hydrogen-bond acceptors (Lipinski definition) is 4. The molecule has 8 nitrogen and oxygen atoms in total. The minimum atomic E-state index is -1.47. The van der Waals surface area contributed by atoms with E-state index in [9.17, 15) is 9.59 Å². The molecule has 0 aromatic heterocycles. The molecule has 2 heterocycles. The lowest BCUT2D eigenvalue weighted by Gasteiger charge is -2.29. The second kappa shape index (κ2) is 5.99. The maximum Gasteiger partial charge on any atom is 0.321 e. The Kier molecular flexibility index (Phi) is 3.65. The van der Waals surface area contributed by atoms with E-state index in [-0.39, 0.29) is 0 Å². The van der Waals surface area contributed by atoms with Gasteiger partial charge in [-0.15, -0.1) is 0 Å². The summed E-state index contributed by atoms with van der Waals surface area (Å²) in [7, 11) is 0. The SMILES string of the molecule is O=C1NC2(/N=C\c3ccccc3)NC(=O)NC2(/N=C\c2ccccc2)N1. The number of urea groups is 2. The Morgan fingerprint density at radius 3 is 1.31 bits per heavy atom. The number of carbonyl (C=O) groups excluding carboxylic acids is 2. The predicted octanol–water partition coefficient (Wildman–Crippen LogP) is 1.16. The van der Waals surface area contributed by atoms with E-state index in [1.165, 1.54) is 0 Å². The van der Waals surface area contributed by atoms with E-state index in [2.05, 4.69) is 31.3 Å². The lowest BCUT2D eigenvalue weighted by molar-refractivity contribution is 0.227. The van der Waals surface area contributed by atoms with Crippen LogP contribution in [0.5, 0.6) is 0 Å². The van der Waals surface area contributed by atoms with Gasteiger partial charge in [-0.2, -0.15) is 0 Å². The van der Waals surface area contributed by atoms with Gasteiger partial charge in [0.05, 0.1) is 0 Å². The molecule has 2 aliphatic rings. The van der Waals surface area contributed by atoms with Crippen molar-refractivity contribution in [2.75, 3.05) is 0 Å². The molecule has 4 rings (SSSR count). The van der Waals surface area contributed by atoms with E-state index in [0.29, 0.717) is 0 Å². The fraction of sp³-hybridized carbons (Fsp3) is 0.111. The van der Waals surface area contributed by atoms with Gasteiger partial charge in [0.2, 0.25) is 0 Å². The second-order valence-electron chi connectivity index (χ2n) is 5.92. The predicted molar refractivity (Wildman–Crippen MR) is 96.9 cm³/mol. The second-order valence-corrected chi connectivity index (χ2v) is 5.92. The van der Waals surface area contributed by atoms with Crippen molar-refractivity contribution in [3.8, 4) is 0 Å². The summed E-state index contributed by atoms with van der Waals surface area (Å²) < 4.78 is 0. The number of carbonyl (C=O) groups is 2. The largest absolute Gasteiger partial charge is 0.321 e. The molecule has 2 saturated heterocycles. The molecule has 4 N–H and O–H groups in total. The quantitative estimate of drug-likeness (QED) is 0.622. The van der Waals surface area contributed by atoms with Crippen LogP contribution in [0.15, 0.2) is 70.6 Å². The molecule has 4 amide bonds. The van der Waals surface area contributed by atoms with E-state index in [1.807, 2.05) is 60.7 Å². The molecule has 0 atom stereocenters. The molecule has 0 unspecified atom stereocenters. The molecular weight excluding hydrogens is 332 g/mol. The van der Waals surface area contributed by atoms with Crippen molar-refractivity contribution in [3.63, 3.8) is 0 Å². The van der Waals surface area contributed by atoms with Crippen molar-refractivity contribution in [2.45, 2.75) is 11.6 Å². The highest BCUT2D eigenvalue weighted by Crippen LogP contribution is 2.30.